The first-order valence-corrected chi connectivity index (χ1v) is 11.5. The van der Waals surface area contributed by atoms with Gasteiger partial charge in [-0.05, 0) is 43.9 Å². The summed E-state index contributed by atoms with van der Waals surface area (Å²) in [4.78, 5) is 15.2. The van der Waals surface area contributed by atoms with Gasteiger partial charge in [-0.3, -0.25) is 4.79 Å². The van der Waals surface area contributed by atoms with E-state index >= 15 is 0 Å². The van der Waals surface area contributed by atoms with E-state index in [0.717, 1.165) is 30.6 Å². The molecule has 2 heterocycles. The first-order chi connectivity index (χ1) is 13.0. The number of hydrogen-bond acceptors (Lipinski definition) is 4. The molecular weight excluding hydrogens is 362 g/mol. The molecule has 0 N–H and O–H groups in total. The molecule has 0 unspecified atom stereocenters. The van der Waals surface area contributed by atoms with Gasteiger partial charge >= 0.3 is 0 Å². The van der Waals surface area contributed by atoms with E-state index in [0.29, 0.717) is 24.6 Å². The van der Waals surface area contributed by atoms with Gasteiger partial charge in [0.2, 0.25) is 0 Å². The van der Waals surface area contributed by atoms with E-state index in [1.165, 1.54) is 0 Å². The number of aromatic nitrogens is 2. The van der Waals surface area contributed by atoms with Crippen LogP contribution in [0.2, 0.25) is 0 Å². The Kier molecular flexibility index (Phi) is 4.80. The molecule has 1 aliphatic heterocycles. The fourth-order valence-electron chi connectivity index (χ4n) is 3.76. The zero-order chi connectivity index (χ0) is 19.0. The number of amides is 1. The smallest absolute Gasteiger partial charge is 0.272 e. The molecule has 0 spiro atoms. The molecule has 0 bridgehead atoms. The number of carbonyl (C=O) groups excluding carboxylic acids is 1. The minimum Gasteiger partial charge on any atom is -0.333 e. The monoisotopic (exact) mass is 387 g/mol. The molecule has 1 aromatic carbocycles. The summed E-state index contributed by atoms with van der Waals surface area (Å²) in [5.74, 6) is 0.541. The summed E-state index contributed by atoms with van der Waals surface area (Å²) < 4.78 is 25.6. The molecule has 2 aromatic rings. The molecule has 4 rings (SSSR count). The number of nitrogens with zero attached hydrogens (tertiary/aromatic N) is 3. The predicted molar refractivity (Wildman–Crippen MR) is 104 cm³/mol. The van der Waals surface area contributed by atoms with Crippen LogP contribution in [0.5, 0.6) is 0 Å². The van der Waals surface area contributed by atoms with Crippen LogP contribution in [0.1, 0.15) is 54.7 Å². The minimum absolute atomic E-state index is 0.0632. The second-order valence-corrected chi connectivity index (χ2v) is 9.76. The lowest BCUT2D eigenvalue weighted by Crippen LogP contribution is -2.42. The summed E-state index contributed by atoms with van der Waals surface area (Å²) in [5, 5.41) is 4.71. The van der Waals surface area contributed by atoms with Gasteiger partial charge in [-0.15, -0.1) is 0 Å². The molecule has 1 saturated carbocycles. The highest BCUT2D eigenvalue weighted by Gasteiger charge is 2.36. The van der Waals surface area contributed by atoms with Gasteiger partial charge < -0.3 is 4.90 Å². The van der Waals surface area contributed by atoms with Crippen molar-refractivity contribution in [3.05, 3.63) is 47.8 Å². The highest BCUT2D eigenvalue weighted by atomic mass is 32.2. The SMILES string of the molecule is CCCN(C(=O)c1cc(C2CC2)nn1-c1ccccc1)[C@@H]1CCS(=O)(=O)C1. The number of rotatable bonds is 6. The fourth-order valence-corrected chi connectivity index (χ4v) is 5.49. The standard InChI is InChI=1S/C20H25N3O3S/c1-2-11-22(17-10-12-27(25,26)14-17)20(24)19-13-18(15-8-9-15)21-23(19)16-6-4-3-5-7-16/h3-7,13,15,17H,2,8-12,14H2,1H3/t17-/m1/s1. The van der Waals surface area contributed by atoms with E-state index in [4.69, 9.17) is 5.10 Å². The third kappa shape index (κ3) is 3.78. The second-order valence-electron chi connectivity index (χ2n) is 7.53. The maximum absolute atomic E-state index is 13.5. The van der Waals surface area contributed by atoms with E-state index in [1.807, 2.05) is 43.3 Å². The van der Waals surface area contributed by atoms with Crippen molar-refractivity contribution in [2.45, 2.75) is 44.6 Å². The molecule has 1 atom stereocenters. The van der Waals surface area contributed by atoms with Crippen molar-refractivity contribution in [2.75, 3.05) is 18.1 Å². The molecule has 0 radical (unpaired) electrons. The van der Waals surface area contributed by atoms with Crippen LogP contribution < -0.4 is 0 Å². The summed E-state index contributed by atoms with van der Waals surface area (Å²) >= 11 is 0. The Hall–Kier alpha value is -2.15. The van der Waals surface area contributed by atoms with E-state index in [2.05, 4.69) is 0 Å². The molecule has 27 heavy (non-hydrogen) atoms. The van der Waals surface area contributed by atoms with Gasteiger partial charge in [0.1, 0.15) is 5.69 Å². The summed E-state index contributed by atoms with van der Waals surface area (Å²) in [6.45, 7) is 2.56. The maximum Gasteiger partial charge on any atom is 0.272 e. The van der Waals surface area contributed by atoms with Crippen LogP contribution in [-0.2, 0) is 9.84 Å². The molecule has 144 valence electrons. The molecule has 1 amide bonds. The maximum atomic E-state index is 13.5. The molecule has 2 aliphatic rings. The summed E-state index contributed by atoms with van der Waals surface area (Å²) in [6, 6.07) is 11.3. The van der Waals surface area contributed by atoms with E-state index in [1.54, 1.807) is 9.58 Å². The van der Waals surface area contributed by atoms with E-state index in [-0.39, 0.29) is 23.5 Å². The van der Waals surface area contributed by atoms with Crippen LogP contribution in [0.15, 0.2) is 36.4 Å². The van der Waals surface area contributed by atoms with Gasteiger partial charge in [0.25, 0.3) is 5.91 Å². The quantitative estimate of drug-likeness (QED) is 0.764. The number of para-hydroxylation sites is 1. The lowest BCUT2D eigenvalue weighted by atomic mass is 10.1. The van der Waals surface area contributed by atoms with E-state index < -0.39 is 9.84 Å². The Balaban J connectivity index is 1.71. The largest absolute Gasteiger partial charge is 0.333 e. The number of benzene rings is 1. The fraction of sp³-hybridized carbons (Fsp3) is 0.500. The molecular formula is C20H25N3O3S. The van der Waals surface area contributed by atoms with Gasteiger partial charge in [0.05, 0.1) is 22.9 Å². The zero-order valence-corrected chi connectivity index (χ0v) is 16.4. The van der Waals surface area contributed by atoms with E-state index in [9.17, 15) is 13.2 Å². The minimum atomic E-state index is -3.05. The molecule has 1 aliphatic carbocycles. The van der Waals surface area contributed by atoms with Gasteiger partial charge in [-0.1, -0.05) is 25.1 Å². The molecule has 7 heteroatoms. The summed E-state index contributed by atoms with van der Waals surface area (Å²) in [6.07, 6.45) is 3.53. The molecule has 1 saturated heterocycles. The summed E-state index contributed by atoms with van der Waals surface area (Å²) in [5.41, 5.74) is 2.33. The van der Waals surface area contributed by atoms with Gasteiger partial charge in [0.15, 0.2) is 9.84 Å². The Bertz CT molecular complexity index is 933. The van der Waals surface area contributed by atoms with Gasteiger partial charge in [-0.2, -0.15) is 5.10 Å². The van der Waals surface area contributed by atoms with Crippen molar-refractivity contribution in [1.82, 2.24) is 14.7 Å². The van der Waals surface area contributed by atoms with Gasteiger partial charge in [-0.25, -0.2) is 13.1 Å². The highest BCUT2D eigenvalue weighted by Crippen LogP contribution is 2.40. The molecule has 2 fully saturated rings. The topological polar surface area (TPSA) is 72.3 Å². The lowest BCUT2D eigenvalue weighted by molar-refractivity contribution is 0.0687. The average molecular weight is 388 g/mol. The zero-order valence-electron chi connectivity index (χ0n) is 15.5. The van der Waals surface area contributed by atoms with Crippen LogP contribution in [0.3, 0.4) is 0 Å². The predicted octanol–water partition coefficient (Wildman–Crippen LogP) is 2.79. The normalized spacial score (nSPS) is 21.3. The first kappa shape index (κ1) is 18.2. The van der Waals surface area contributed by atoms with Gasteiger partial charge in [0, 0.05) is 18.5 Å². The Labute approximate surface area is 160 Å². The first-order valence-electron chi connectivity index (χ1n) is 9.65. The van der Waals surface area contributed by atoms with Crippen molar-refractivity contribution in [2.24, 2.45) is 0 Å². The highest BCUT2D eigenvalue weighted by molar-refractivity contribution is 7.91. The van der Waals surface area contributed by atoms with Crippen molar-refractivity contribution in [1.29, 1.82) is 0 Å². The summed E-state index contributed by atoms with van der Waals surface area (Å²) in [7, 11) is -3.05. The van der Waals surface area contributed by atoms with Crippen LogP contribution >= 0.6 is 0 Å². The van der Waals surface area contributed by atoms with Crippen LogP contribution in [-0.4, -0.2) is 53.1 Å². The van der Waals surface area contributed by atoms with Crippen LogP contribution in [0, 0.1) is 0 Å². The average Bonchev–Trinajstić information content (AvgIpc) is 3.31. The third-order valence-electron chi connectivity index (χ3n) is 5.32. The molecule has 1 aromatic heterocycles. The van der Waals surface area contributed by atoms with Crippen molar-refractivity contribution in [3.8, 4) is 5.69 Å². The van der Waals surface area contributed by atoms with Crippen molar-refractivity contribution >= 4 is 15.7 Å². The Morgan fingerprint density at radius 2 is 1.96 bits per heavy atom. The Morgan fingerprint density at radius 1 is 1.22 bits per heavy atom. The van der Waals surface area contributed by atoms with Crippen LogP contribution in [0.4, 0.5) is 0 Å². The van der Waals surface area contributed by atoms with Crippen molar-refractivity contribution < 1.29 is 13.2 Å². The number of hydrogen-bond donors (Lipinski definition) is 0. The second kappa shape index (κ2) is 7.11. The lowest BCUT2D eigenvalue weighted by Gasteiger charge is -2.28. The van der Waals surface area contributed by atoms with Crippen molar-refractivity contribution in [3.63, 3.8) is 0 Å². The Morgan fingerprint density at radius 3 is 2.56 bits per heavy atom. The molecule has 6 nitrogen and oxygen atoms in total. The number of carbonyl (C=O) groups is 1. The third-order valence-corrected chi connectivity index (χ3v) is 7.07. The number of sulfone groups is 1. The van der Waals surface area contributed by atoms with Crippen LogP contribution in [0.25, 0.3) is 5.69 Å².